The lowest BCUT2D eigenvalue weighted by Crippen LogP contribution is -2.35. The highest BCUT2D eigenvalue weighted by molar-refractivity contribution is 9.10. The molecular weight excluding hydrogens is 377 g/mol. The van der Waals surface area contributed by atoms with Crippen molar-refractivity contribution in [1.82, 2.24) is 10.0 Å². The summed E-state index contributed by atoms with van der Waals surface area (Å²) < 4.78 is 62.4. The zero-order chi connectivity index (χ0) is 16.3. The lowest BCUT2D eigenvalue weighted by Gasteiger charge is -2.13. The minimum absolute atomic E-state index is 0.109. The molecule has 0 atom stereocenters. The maximum atomic E-state index is 12.8. The molecule has 0 saturated heterocycles. The van der Waals surface area contributed by atoms with E-state index in [1.54, 1.807) is 0 Å². The quantitative estimate of drug-likeness (QED) is 0.754. The Morgan fingerprint density at radius 1 is 1.29 bits per heavy atom. The molecule has 1 amide bonds. The van der Waals surface area contributed by atoms with Crippen molar-refractivity contribution in [3.63, 3.8) is 0 Å². The first kappa shape index (κ1) is 17.9. The number of alkyl halides is 3. The normalized spacial score (nSPS) is 12.2. The van der Waals surface area contributed by atoms with Crippen LogP contribution in [0.4, 0.5) is 13.2 Å². The molecule has 1 rings (SSSR count). The van der Waals surface area contributed by atoms with Crippen LogP contribution >= 0.6 is 15.9 Å². The average molecular weight is 389 g/mol. The van der Waals surface area contributed by atoms with Gasteiger partial charge in [-0.1, -0.05) is 15.9 Å². The van der Waals surface area contributed by atoms with Gasteiger partial charge in [-0.2, -0.15) is 13.2 Å². The van der Waals surface area contributed by atoms with Crippen molar-refractivity contribution in [1.29, 1.82) is 0 Å². The van der Waals surface area contributed by atoms with E-state index in [-0.39, 0.29) is 17.6 Å². The van der Waals surface area contributed by atoms with Crippen LogP contribution in [-0.4, -0.2) is 33.7 Å². The number of carbonyl (C=O) groups excluding carboxylic acids is 1. The second-order valence-corrected chi connectivity index (χ2v) is 6.86. The zero-order valence-corrected chi connectivity index (χ0v) is 13.2. The standard InChI is InChI=1S/C11H12BrF3N2O3S/c1-21(19,20)17-5-4-16-10(18)8-3-2-7(12)6-9(8)11(13,14)15/h2-3,6,17H,4-5H2,1H3,(H,16,18). The fraction of sp³-hybridized carbons (Fsp3) is 0.364. The van der Waals surface area contributed by atoms with E-state index in [1.165, 1.54) is 6.07 Å². The maximum Gasteiger partial charge on any atom is 0.417 e. The third-order valence-corrected chi connectivity index (χ3v) is 3.53. The minimum Gasteiger partial charge on any atom is -0.351 e. The summed E-state index contributed by atoms with van der Waals surface area (Å²) >= 11 is 2.92. The highest BCUT2D eigenvalue weighted by atomic mass is 79.9. The van der Waals surface area contributed by atoms with Gasteiger partial charge in [0, 0.05) is 17.6 Å². The average Bonchev–Trinajstić information content (AvgIpc) is 2.32. The molecule has 0 aliphatic heterocycles. The molecule has 0 aromatic heterocycles. The maximum absolute atomic E-state index is 12.8. The molecule has 0 heterocycles. The lowest BCUT2D eigenvalue weighted by molar-refractivity contribution is -0.138. The van der Waals surface area contributed by atoms with E-state index >= 15 is 0 Å². The summed E-state index contributed by atoms with van der Waals surface area (Å²) in [5, 5.41) is 2.22. The van der Waals surface area contributed by atoms with E-state index in [2.05, 4.69) is 26.0 Å². The Morgan fingerprint density at radius 2 is 1.90 bits per heavy atom. The van der Waals surface area contributed by atoms with Crippen LogP contribution in [0.15, 0.2) is 22.7 Å². The number of sulfonamides is 1. The zero-order valence-electron chi connectivity index (χ0n) is 10.8. The van der Waals surface area contributed by atoms with Gasteiger partial charge in [0.1, 0.15) is 0 Å². The van der Waals surface area contributed by atoms with Crippen LogP contribution in [0.1, 0.15) is 15.9 Å². The van der Waals surface area contributed by atoms with Crippen molar-refractivity contribution in [3.05, 3.63) is 33.8 Å². The molecule has 1 aromatic rings. The largest absolute Gasteiger partial charge is 0.417 e. The molecule has 0 radical (unpaired) electrons. The molecule has 118 valence electrons. The van der Waals surface area contributed by atoms with Gasteiger partial charge < -0.3 is 5.32 Å². The van der Waals surface area contributed by atoms with Crippen LogP contribution in [0.2, 0.25) is 0 Å². The first-order valence-corrected chi connectivity index (χ1v) is 8.29. The van der Waals surface area contributed by atoms with Crippen molar-refractivity contribution < 1.29 is 26.4 Å². The van der Waals surface area contributed by atoms with E-state index in [0.29, 0.717) is 0 Å². The Hall–Kier alpha value is -1.13. The van der Waals surface area contributed by atoms with Gasteiger partial charge in [-0.3, -0.25) is 4.79 Å². The Balaban J connectivity index is 2.79. The van der Waals surface area contributed by atoms with E-state index in [0.717, 1.165) is 18.4 Å². The van der Waals surface area contributed by atoms with Crippen molar-refractivity contribution in [2.24, 2.45) is 0 Å². The number of hydrogen-bond acceptors (Lipinski definition) is 3. The highest BCUT2D eigenvalue weighted by Crippen LogP contribution is 2.33. The Morgan fingerprint density at radius 3 is 2.43 bits per heavy atom. The highest BCUT2D eigenvalue weighted by Gasteiger charge is 2.35. The van der Waals surface area contributed by atoms with Gasteiger partial charge >= 0.3 is 6.18 Å². The van der Waals surface area contributed by atoms with Gasteiger partial charge in [0.25, 0.3) is 5.91 Å². The minimum atomic E-state index is -4.67. The van der Waals surface area contributed by atoms with Gasteiger partial charge in [0.2, 0.25) is 10.0 Å². The van der Waals surface area contributed by atoms with Crippen LogP contribution in [-0.2, 0) is 16.2 Å². The van der Waals surface area contributed by atoms with Crippen LogP contribution in [0.5, 0.6) is 0 Å². The molecular formula is C11H12BrF3N2O3S. The van der Waals surface area contributed by atoms with Gasteiger partial charge in [-0.25, -0.2) is 13.1 Å². The van der Waals surface area contributed by atoms with Gasteiger partial charge in [-0.15, -0.1) is 0 Å². The summed E-state index contributed by atoms with van der Waals surface area (Å²) in [6.45, 7) is -0.234. The van der Waals surface area contributed by atoms with Gasteiger partial charge in [-0.05, 0) is 18.2 Å². The second kappa shape index (κ2) is 6.75. The third kappa shape index (κ3) is 6.02. The SMILES string of the molecule is CS(=O)(=O)NCCNC(=O)c1ccc(Br)cc1C(F)(F)F. The third-order valence-electron chi connectivity index (χ3n) is 2.31. The molecule has 10 heteroatoms. The molecule has 5 nitrogen and oxygen atoms in total. The van der Waals surface area contributed by atoms with Crippen LogP contribution in [0.3, 0.4) is 0 Å². The number of benzene rings is 1. The van der Waals surface area contributed by atoms with E-state index in [1.807, 2.05) is 0 Å². The first-order valence-electron chi connectivity index (χ1n) is 5.60. The first-order chi connectivity index (χ1) is 9.50. The van der Waals surface area contributed by atoms with Crippen molar-refractivity contribution in [3.8, 4) is 0 Å². The fourth-order valence-electron chi connectivity index (χ4n) is 1.46. The molecule has 0 spiro atoms. The molecule has 0 saturated carbocycles. The number of nitrogens with one attached hydrogen (secondary N) is 2. The summed E-state index contributed by atoms with van der Waals surface area (Å²) in [6.07, 6.45) is -3.73. The predicted molar refractivity (Wildman–Crippen MR) is 74.3 cm³/mol. The number of amides is 1. The molecule has 0 aliphatic rings. The Labute approximate surface area is 128 Å². The molecule has 0 fully saturated rings. The predicted octanol–water partition coefficient (Wildman–Crippen LogP) is 1.75. The number of halogens is 4. The molecule has 0 aliphatic carbocycles. The van der Waals surface area contributed by atoms with E-state index in [4.69, 9.17) is 0 Å². The molecule has 21 heavy (non-hydrogen) atoms. The summed E-state index contributed by atoms with van der Waals surface area (Å²) in [7, 11) is -3.41. The molecule has 1 aromatic carbocycles. The topological polar surface area (TPSA) is 75.3 Å². The smallest absolute Gasteiger partial charge is 0.351 e. The van der Waals surface area contributed by atoms with E-state index in [9.17, 15) is 26.4 Å². The summed E-state index contributed by atoms with van der Waals surface area (Å²) in [6, 6.07) is 3.18. The van der Waals surface area contributed by atoms with E-state index < -0.39 is 33.2 Å². The van der Waals surface area contributed by atoms with Crippen molar-refractivity contribution in [2.75, 3.05) is 19.3 Å². The molecule has 0 bridgehead atoms. The summed E-state index contributed by atoms with van der Waals surface area (Å²) in [4.78, 5) is 11.7. The summed E-state index contributed by atoms with van der Waals surface area (Å²) in [5.41, 5.74) is -1.59. The van der Waals surface area contributed by atoms with Crippen LogP contribution in [0.25, 0.3) is 0 Å². The Kier molecular flexibility index (Phi) is 5.76. The van der Waals surface area contributed by atoms with Crippen molar-refractivity contribution in [2.45, 2.75) is 6.18 Å². The van der Waals surface area contributed by atoms with Gasteiger partial charge in [0.05, 0.1) is 17.4 Å². The second-order valence-electron chi connectivity index (χ2n) is 4.11. The number of rotatable bonds is 5. The monoisotopic (exact) mass is 388 g/mol. The van der Waals surface area contributed by atoms with Crippen LogP contribution < -0.4 is 10.0 Å². The Bertz CT molecular complexity index is 632. The van der Waals surface area contributed by atoms with Gasteiger partial charge in [0.15, 0.2) is 0 Å². The molecule has 0 unspecified atom stereocenters. The van der Waals surface area contributed by atoms with Crippen LogP contribution in [0, 0.1) is 0 Å². The summed E-state index contributed by atoms with van der Waals surface area (Å²) in [5.74, 6) is -0.926. The number of hydrogen-bond donors (Lipinski definition) is 2. The lowest BCUT2D eigenvalue weighted by atomic mass is 10.1. The fourth-order valence-corrected chi connectivity index (χ4v) is 2.29. The van der Waals surface area contributed by atoms with Crippen molar-refractivity contribution >= 4 is 31.9 Å². The number of carbonyl (C=O) groups is 1. The molecule has 2 N–H and O–H groups in total.